The molecule has 0 aliphatic carbocycles. The van der Waals surface area contributed by atoms with E-state index < -0.39 is 11.8 Å². The summed E-state index contributed by atoms with van der Waals surface area (Å²) in [6.45, 7) is 5.75. The summed E-state index contributed by atoms with van der Waals surface area (Å²) >= 11 is 0. The molecule has 0 amide bonds. The maximum atomic E-state index is 8.59. The van der Waals surface area contributed by atoms with Gasteiger partial charge in [-0.3, -0.25) is 4.98 Å². The first-order chi connectivity index (χ1) is 14.3. The van der Waals surface area contributed by atoms with E-state index in [2.05, 4.69) is 35.3 Å². The van der Waals surface area contributed by atoms with E-state index >= 15 is 0 Å². The molecule has 0 fully saturated rings. The van der Waals surface area contributed by atoms with E-state index in [0.717, 1.165) is 44.0 Å². The zero-order valence-corrected chi connectivity index (χ0v) is 16.3. The lowest BCUT2D eigenvalue weighted by molar-refractivity contribution is 0.411. The fourth-order valence-electron chi connectivity index (χ4n) is 3.76. The third-order valence-corrected chi connectivity index (χ3v) is 4.94. The number of pyridine rings is 1. The largest absolute Gasteiger partial charge is 0.455 e. The van der Waals surface area contributed by atoms with Crippen LogP contribution in [0, 0.1) is 5.41 Å². The molecule has 0 saturated carbocycles. The predicted molar refractivity (Wildman–Crippen MR) is 118 cm³/mol. The van der Waals surface area contributed by atoms with Gasteiger partial charge in [-0.1, -0.05) is 51.1 Å². The lowest BCUT2D eigenvalue weighted by Crippen LogP contribution is -2.09. The molecule has 0 spiro atoms. The first kappa shape index (κ1) is 14.9. The Morgan fingerprint density at radius 3 is 2.61 bits per heavy atom. The van der Waals surface area contributed by atoms with Gasteiger partial charge in [-0.25, -0.2) is 0 Å². The number of benzene rings is 3. The fraction of sp³-hybridized carbons (Fsp3) is 0.192. The van der Waals surface area contributed by atoms with Crippen molar-refractivity contribution >= 4 is 32.7 Å². The molecule has 28 heavy (non-hydrogen) atoms. The molecule has 3 aromatic carbocycles. The van der Waals surface area contributed by atoms with Gasteiger partial charge in [0.1, 0.15) is 11.2 Å². The highest BCUT2D eigenvalue weighted by Gasteiger charge is 2.14. The van der Waals surface area contributed by atoms with Crippen LogP contribution in [0.1, 0.15) is 29.1 Å². The van der Waals surface area contributed by atoms with Crippen molar-refractivity contribution in [2.75, 3.05) is 0 Å². The van der Waals surface area contributed by atoms with E-state index in [1.807, 2.05) is 51.1 Å². The summed E-state index contributed by atoms with van der Waals surface area (Å²) in [7, 11) is 0. The van der Waals surface area contributed by atoms with Gasteiger partial charge in [-0.05, 0) is 59.1 Å². The van der Waals surface area contributed by atoms with Crippen LogP contribution in [0.2, 0.25) is 0 Å². The van der Waals surface area contributed by atoms with Crippen molar-refractivity contribution in [2.24, 2.45) is 5.41 Å². The molecule has 2 heteroatoms. The van der Waals surface area contributed by atoms with Crippen LogP contribution in [-0.2, 0) is 6.37 Å². The number of nitrogens with zero attached hydrogens (tertiary/aromatic N) is 1. The molecule has 0 unspecified atom stereocenters. The Hall–Kier alpha value is -3.13. The number of hydrogen-bond acceptors (Lipinski definition) is 2. The lowest BCUT2D eigenvalue weighted by Gasteiger charge is -2.18. The molecule has 2 aromatic heterocycles. The van der Waals surface area contributed by atoms with Crippen LogP contribution in [0.5, 0.6) is 0 Å². The number of rotatable bonds is 2. The molecule has 0 saturated heterocycles. The molecule has 5 aromatic rings. The average Bonchev–Trinajstić information content (AvgIpc) is 3.11. The van der Waals surface area contributed by atoms with Gasteiger partial charge in [-0.2, -0.15) is 0 Å². The Balaban J connectivity index is 1.68. The average molecular weight is 367 g/mol. The SMILES string of the molecule is [2H]C([2H])(c1ccnc(-c2ccc3oc4c5ccccc5ccc4c3c2)c1)C(C)(C)C. The molecule has 0 atom stereocenters. The smallest absolute Gasteiger partial charge is 0.143 e. The Morgan fingerprint density at radius 1 is 0.893 bits per heavy atom. The highest BCUT2D eigenvalue weighted by Crippen LogP contribution is 2.36. The molecule has 0 aliphatic heterocycles. The van der Waals surface area contributed by atoms with E-state index in [9.17, 15) is 0 Å². The van der Waals surface area contributed by atoms with Gasteiger partial charge < -0.3 is 4.42 Å². The third-order valence-electron chi connectivity index (χ3n) is 4.94. The molecular weight excluding hydrogens is 342 g/mol. The highest BCUT2D eigenvalue weighted by atomic mass is 16.3. The quantitative estimate of drug-likeness (QED) is 0.325. The summed E-state index contributed by atoms with van der Waals surface area (Å²) in [5, 5.41) is 4.38. The summed E-state index contributed by atoms with van der Waals surface area (Å²) in [6.07, 6.45) is 0.232. The fourth-order valence-corrected chi connectivity index (χ4v) is 3.76. The summed E-state index contributed by atoms with van der Waals surface area (Å²) in [5.74, 6) is 0. The van der Waals surface area contributed by atoms with Gasteiger partial charge in [-0.15, -0.1) is 0 Å². The minimum absolute atomic E-state index is 0.516. The second-order valence-corrected chi connectivity index (χ2v) is 8.28. The zero-order valence-electron chi connectivity index (χ0n) is 18.3. The molecule has 0 aliphatic rings. The Morgan fingerprint density at radius 2 is 1.75 bits per heavy atom. The zero-order chi connectivity index (χ0) is 21.1. The lowest BCUT2D eigenvalue weighted by atomic mass is 9.88. The maximum Gasteiger partial charge on any atom is 0.143 e. The van der Waals surface area contributed by atoms with E-state index in [1.165, 1.54) is 0 Å². The van der Waals surface area contributed by atoms with Crippen molar-refractivity contribution in [1.29, 1.82) is 0 Å². The van der Waals surface area contributed by atoms with Crippen molar-refractivity contribution in [2.45, 2.75) is 27.1 Å². The molecule has 2 nitrogen and oxygen atoms in total. The first-order valence-corrected chi connectivity index (χ1v) is 9.57. The van der Waals surface area contributed by atoms with Crippen molar-refractivity contribution in [3.8, 4) is 11.3 Å². The highest BCUT2D eigenvalue weighted by molar-refractivity contribution is 6.15. The van der Waals surface area contributed by atoms with E-state index in [-0.39, 0.29) is 0 Å². The third kappa shape index (κ3) is 2.95. The summed E-state index contributed by atoms with van der Waals surface area (Å²) in [4.78, 5) is 4.53. The minimum Gasteiger partial charge on any atom is -0.455 e. The number of aromatic nitrogens is 1. The van der Waals surface area contributed by atoms with Gasteiger partial charge in [0.2, 0.25) is 0 Å². The van der Waals surface area contributed by atoms with Crippen LogP contribution in [0.25, 0.3) is 44.0 Å². The van der Waals surface area contributed by atoms with Crippen molar-refractivity contribution in [3.05, 3.63) is 78.5 Å². The van der Waals surface area contributed by atoms with E-state index in [1.54, 1.807) is 12.3 Å². The molecule has 5 rings (SSSR count). The van der Waals surface area contributed by atoms with Crippen molar-refractivity contribution in [1.82, 2.24) is 4.98 Å². The monoisotopic (exact) mass is 367 g/mol. The van der Waals surface area contributed by atoms with Gasteiger partial charge in [0.15, 0.2) is 0 Å². The summed E-state index contributed by atoms with van der Waals surface area (Å²) < 4.78 is 23.4. The van der Waals surface area contributed by atoms with Crippen molar-refractivity contribution in [3.63, 3.8) is 0 Å². The molecule has 0 bridgehead atoms. The Kier molecular flexibility index (Phi) is 3.29. The summed E-state index contributed by atoms with van der Waals surface area (Å²) in [6, 6.07) is 22.2. The standard InChI is InChI=1S/C26H23NO/c1-26(2,3)16-17-12-13-27-23(14-17)19-9-11-24-22(15-19)21-10-8-18-6-4-5-7-20(18)25(21)28-24/h4-15H,16H2,1-3H3/i16D2. The van der Waals surface area contributed by atoms with Crippen LogP contribution in [0.15, 0.2) is 77.3 Å². The summed E-state index contributed by atoms with van der Waals surface area (Å²) in [5.41, 5.74) is 3.57. The number of furan rings is 1. The van der Waals surface area contributed by atoms with Gasteiger partial charge in [0.25, 0.3) is 0 Å². The second-order valence-electron chi connectivity index (χ2n) is 8.28. The number of hydrogen-bond donors (Lipinski definition) is 0. The van der Waals surface area contributed by atoms with E-state index in [0.29, 0.717) is 5.56 Å². The Bertz CT molecular complexity index is 1410. The molecule has 138 valence electrons. The predicted octanol–water partition coefficient (Wildman–Crippen LogP) is 7.39. The van der Waals surface area contributed by atoms with Gasteiger partial charge in [0, 0.05) is 30.7 Å². The van der Waals surface area contributed by atoms with Crippen LogP contribution in [0.3, 0.4) is 0 Å². The van der Waals surface area contributed by atoms with Crippen LogP contribution in [-0.4, -0.2) is 4.98 Å². The molecule has 0 radical (unpaired) electrons. The molecule has 0 N–H and O–H groups in total. The first-order valence-electron chi connectivity index (χ1n) is 10.6. The van der Waals surface area contributed by atoms with E-state index in [4.69, 9.17) is 7.16 Å². The van der Waals surface area contributed by atoms with Gasteiger partial charge in [0.05, 0.1) is 5.69 Å². The minimum atomic E-state index is -1.46. The topological polar surface area (TPSA) is 26.0 Å². The number of fused-ring (bicyclic) bond motifs is 5. The van der Waals surface area contributed by atoms with Crippen LogP contribution >= 0.6 is 0 Å². The van der Waals surface area contributed by atoms with Crippen LogP contribution < -0.4 is 0 Å². The maximum absolute atomic E-state index is 8.59. The van der Waals surface area contributed by atoms with Crippen molar-refractivity contribution < 1.29 is 7.16 Å². The normalized spacial score (nSPS) is 13.8. The molecule has 2 heterocycles. The Labute approximate surface area is 167 Å². The van der Waals surface area contributed by atoms with Gasteiger partial charge >= 0.3 is 0 Å². The molecular formula is C26H23NO. The second kappa shape index (κ2) is 6.20. The van der Waals surface area contributed by atoms with Crippen LogP contribution in [0.4, 0.5) is 0 Å².